The minimum absolute atomic E-state index is 0.0740. The van der Waals surface area contributed by atoms with Crippen molar-refractivity contribution in [2.45, 2.75) is 11.8 Å². The van der Waals surface area contributed by atoms with E-state index in [2.05, 4.69) is 0 Å². The van der Waals surface area contributed by atoms with E-state index in [0.717, 1.165) is 12.1 Å². The van der Waals surface area contributed by atoms with Gasteiger partial charge < -0.3 is 9.92 Å². The molecule has 0 atom stereocenters. The van der Waals surface area contributed by atoms with Crippen molar-refractivity contribution in [1.29, 1.82) is 0 Å². The molecule has 0 fully saturated rings. The smallest absolute Gasteiger partial charge is 0.339 e. The molecule has 21 heavy (non-hydrogen) atoms. The van der Waals surface area contributed by atoms with Crippen LogP contribution in [-0.2, 0) is 10.1 Å². The molecular formula is C14H12FNO4S. The molecule has 2 N–H and O–H groups in total. The third-order valence-electron chi connectivity index (χ3n) is 2.77. The van der Waals surface area contributed by atoms with Crippen LogP contribution < -0.4 is 9.92 Å². The number of primary amides is 1. The SMILES string of the molecule is Cc1ccc(F)cc1S(=O)(=O)Oc1ccccc1C(N)=O. The minimum atomic E-state index is -4.27. The van der Waals surface area contributed by atoms with Crippen LogP contribution in [0.5, 0.6) is 5.75 Å². The lowest BCUT2D eigenvalue weighted by Gasteiger charge is -2.11. The average molecular weight is 309 g/mol. The van der Waals surface area contributed by atoms with Crippen LogP contribution in [0, 0.1) is 12.7 Å². The van der Waals surface area contributed by atoms with Crippen LogP contribution in [0.2, 0.25) is 0 Å². The Morgan fingerprint density at radius 3 is 2.52 bits per heavy atom. The Morgan fingerprint density at radius 1 is 1.19 bits per heavy atom. The number of amides is 1. The van der Waals surface area contributed by atoms with Gasteiger partial charge in [-0.1, -0.05) is 18.2 Å². The van der Waals surface area contributed by atoms with Gasteiger partial charge in [-0.05, 0) is 36.8 Å². The van der Waals surface area contributed by atoms with Gasteiger partial charge in [0, 0.05) is 0 Å². The molecule has 0 radical (unpaired) electrons. The van der Waals surface area contributed by atoms with Gasteiger partial charge in [-0.25, -0.2) is 4.39 Å². The zero-order valence-electron chi connectivity index (χ0n) is 11.0. The highest BCUT2D eigenvalue weighted by Crippen LogP contribution is 2.24. The largest absolute Gasteiger partial charge is 0.378 e. The number of para-hydroxylation sites is 1. The maximum atomic E-state index is 13.2. The van der Waals surface area contributed by atoms with E-state index in [4.69, 9.17) is 9.92 Å². The summed E-state index contributed by atoms with van der Waals surface area (Å²) in [6.45, 7) is 1.51. The zero-order valence-corrected chi connectivity index (χ0v) is 11.9. The summed E-state index contributed by atoms with van der Waals surface area (Å²) in [5, 5.41) is 0. The number of halogens is 1. The highest BCUT2D eigenvalue weighted by atomic mass is 32.2. The number of hydrogen-bond donors (Lipinski definition) is 1. The van der Waals surface area contributed by atoms with Crippen molar-refractivity contribution in [3.05, 3.63) is 59.4 Å². The summed E-state index contributed by atoms with van der Waals surface area (Å²) in [4.78, 5) is 10.9. The van der Waals surface area contributed by atoms with Crippen molar-refractivity contribution < 1.29 is 21.8 Å². The number of hydrogen-bond acceptors (Lipinski definition) is 4. The molecule has 0 bridgehead atoms. The summed E-state index contributed by atoms with van der Waals surface area (Å²) in [6.07, 6.45) is 0. The fourth-order valence-corrected chi connectivity index (χ4v) is 2.94. The maximum Gasteiger partial charge on any atom is 0.339 e. The Hall–Kier alpha value is -2.41. The third kappa shape index (κ3) is 3.19. The molecule has 0 heterocycles. The van der Waals surface area contributed by atoms with E-state index in [9.17, 15) is 17.6 Å². The molecule has 0 unspecified atom stereocenters. The van der Waals surface area contributed by atoms with Gasteiger partial charge in [-0.2, -0.15) is 8.42 Å². The molecule has 0 aliphatic heterocycles. The first-order chi connectivity index (χ1) is 9.81. The standard InChI is InChI=1S/C14H12FNO4S/c1-9-6-7-10(15)8-13(9)21(18,19)20-12-5-3-2-4-11(12)14(16)17/h2-8H,1H3,(H2,16,17). The lowest BCUT2D eigenvalue weighted by molar-refractivity contribution is 0.0999. The van der Waals surface area contributed by atoms with E-state index < -0.39 is 21.8 Å². The van der Waals surface area contributed by atoms with Gasteiger partial charge in [-0.15, -0.1) is 0 Å². The molecule has 0 aromatic heterocycles. The summed E-state index contributed by atoms with van der Waals surface area (Å²) in [5.74, 6) is -1.73. The van der Waals surface area contributed by atoms with Gasteiger partial charge in [0.2, 0.25) is 0 Å². The first-order valence-corrected chi connectivity index (χ1v) is 7.31. The second kappa shape index (κ2) is 5.53. The van der Waals surface area contributed by atoms with Crippen LogP contribution in [0.3, 0.4) is 0 Å². The average Bonchev–Trinajstić information content (AvgIpc) is 2.41. The van der Waals surface area contributed by atoms with E-state index in [1.165, 1.54) is 37.3 Å². The molecule has 2 aromatic rings. The molecule has 0 spiro atoms. The Balaban J connectivity index is 2.48. The van der Waals surface area contributed by atoms with Gasteiger partial charge in [-0.3, -0.25) is 4.79 Å². The van der Waals surface area contributed by atoms with Crippen molar-refractivity contribution >= 4 is 16.0 Å². The molecule has 2 aromatic carbocycles. The van der Waals surface area contributed by atoms with Gasteiger partial charge >= 0.3 is 10.1 Å². The molecule has 110 valence electrons. The Kier molecular flexibility index (Phi) is 3.95. The molecule has 0 saturated heterocycles. The molecule has 0 saturated carbocycles. The minimum Gasteiger partial charge on any atom is -0.378 e. The summed E-state index contributed by atoms with van der Waals surface area (Å²) in [6, 6.07) is 8.98. The molecule has 1 amide bonds. The van der Waals surface area contributed by atoms with Crippen molar-refractivity contribution in [3.8, 4) is 5.75 Å². The lowest BCUT2D eigenvalue weighted by Crippen LogP contribution is -2.17. The summed E-state index contributed by atoms with van der Waals surface area (Å²) in [7, 11) is -4.27. The van der Waals surface area contributed by atoms with Crippen LogP contribution in [0.4, 0.5) is 4.39 Å². The van der Waals surface area contributed by atoms with Crippen LogP contribution >= 0.6 is 0 Å². The van der Waals surface area contributed by atoms with Gasteiger partial charge in [0.25, 0.3) is 5.91 Å². The van der Waals surface area contributed by atoms with E-state index in [0.29, 0.717) is 5.56 Å². The summed E-state index contributed by atoms with van der Waals surface area (Å²) >= 11 is 0. The summed E-state index contributed by atoms with van der Waals surface area (Å²) < 4.78 is 42.6. The van der Waals surface area contributed by atoms with Crippen molar-refractivity contribution in [2.24, 2.45) is 5.73 Å². The molecule has 7 heteroatoms. The number of carbonyl (C=O) groups is 1. The van der Waals surface area contributed by atoms with Crippen molar-refractivity contribution in [2.75, 3.05) is 0 Å². The van der Waals surface area contributed by atoms with Gasteiger partial charge in [0.1, 0.15) is 10.7 Å². The number of nitrogens with two attached hydrogens (primary N) is 1. The number of aryl methyl sites for hydroxylation is 1. The second-order valence-corrected chi connectivity index (χ2v) is 5.82. The Labute approximate surface area is 121 Å². The summed E-state index contributed by atoms with van der Waals surface area (Å²) in [5.41, 5.74) is 5.41. The van der Waals surface area contributed by atoms with E-state index in [1.54, 1.807) is 0 Å². The molecule has 0 aliphatic rings. The van der Waals surface area contributed by atoms with E-state index in [1.807, 2.05) is 0 Å². The predicted octanol–water partition coefficient (Wildman–Crippen LogP) is 2.00. The topological polar surface area (TPSA) is 86.5 Å². The fourth-order valence-electron chi connectivity index (χ4n) is 1.75. The monoisotopic (exact) mass is 309 g/mol. The van der Waals surface area contributed by atoms with Gasteiger partial charge in [0.15, 0.2) is 5.75 Å². The lowest BCUT2D eigenvalue weighted by atomic mass is 10.2. The van der Waals surface area contributed by atoms with Crippen molar-refractivity contribution in [1.82, 2.24) is 0 Å². The number of rotatable bonds is 4. The van der Waals surface area contributed by atoms with Crippen LogP contribution in [0.25, 0.3) is 0 Å². The number of benzene rings is 2. The zero-order chi connectivity index (χ0) is 15.6. The maximum absolute atomic E-state index is 13.2. The quantitative estimate of drug-likeness (QED) is 0.875. The first kappa shape index (κ1) is 15.0. The third-order valence-corrected chi connectivity index (χ3v) is 4.15. The highest BCUT2D eigenvalue weighted by Gasteiger charge is 2.22. The molecule has 0 aliphatic carbocycles. The van der Waals surface area contributed by atoms with Crippen LogP contribution in [0.1, 0.15) is 15.9 Å². The molecule has 2 rings (SSSR count). The highest BCUT2D eigenvalue weighted by molar-refractivity contribution is 7.87. The molecular weight excluding hydrogens is 297 g/mol. The normalized spacial score (nSPS) is 11.1. The Bertz CT molecular complexity index is 802. The molecule has 5 nitrogen and oxygen atoms in total. The number of carbonyl (C=O) groups excluding carboxylic acids is 1. The van der Waals surface area contributed by atoms with E-state index >= 15 is 0 Å². The second-order valence-electron chi connectivity index (χ2n) is 4.31. The Morgan fingerprint density at radius 2 is 1.86 bits per heavy atom. The van der Waals surface area contributed by atoms with Crippen molar-refractivity contribution in [3.63, 3.8) is 0 Å². The fraction of sp³-hybridized carbons (Fsp3) is 0.0714. The van der Waals surface area contributed by atoms with Crippen LogP contribution in [0.15, 0.2) is 47.4 Å². The predicted molar refractivity (Wildman–Crippen MR) is 73.9 cm³/mol. The van der Waals surface area contributed by atoms with Crippen LogP contribution in [-0.4, -0.2) is 14.3 Å². The first-order valence-electron chi connectivity index (χ1n) is 5.91. The van der Waals surface area contributed by atoms with Gasteiger partial charge in [0.05, 0.1) is 5.56 Å². The van der Waals surface area contributed by atoms with E-state index in [-0.39, 0.29) is 16.2 Å².